The first-order chi connectivity index (χ1) is 9.11. The summed E-state index contributed by atoms with van der Waals surface area (Å²) >= 11 is 0. The van der Waals surface area contributed by atoms with E-state index in [0.717, 1.165) is 11.5 Å². The molecule has 0 bridgehead atoms. The molecule has 1 atom stereocenters. The number of hydrogen-bond donors (Lipinski definition) is 2. The molecule has 2 rings (SSSR count). The van der Waals surface area contributed by atoms with Crippen LogP contribution < -0.4 is 10.6 Å². The second kappa shape index (κ2) is 5.47. The van der Waals surface area contributed by atoms with Crippen LogP contribution in [0.5, 0.6) is 0 Å². The molecule has 2 aromatic rings. The van der Waals surface area contributed by atoms with Crippen LogP contribution in [0, 0.1) is 0 Å². The molecular formula is C12H16N6O. The van der Waals surface area contributed by atoms with Gasteiger partial charge in [0.25, 0.3) is 5.91 Å². The van der Waals surface area contributed by atoms with Gasteiger partial charge in [-0.25, -0.2) is 0 Å². The van der Waals surface area contributed by atoms with Crippen molar-refractivity contribution in [2.45, 2.75) is 13.0 Å². The molecule has 0 aliphatic heterocycles. The minimum absolute atomic E-state index is 0.0209. The lowest BCUT2D eigenvalue weighted by Gasteiger charge is -2.14. The molecule has 7 heteroatoms. The van der Waals surface area contributed by atoms with Gasteiger partial charge in [0, 0.05) is 26.0 Å². The van der Waals surface area contributed by atoms with Gasteiger partial charge in [-0.3, -0.25) is 9.78 Å². The number of pyridine rings is 1. The van der Waals surface area contributed by atoms with Crippen LogP contribution in [-0.2, 0) is 7.05 Å². The van der Waals surface area contributed by atoms with Crippen LogP contribution in [0.3, 0.4) is 0 Å². The molecule has 1 unspecified atom stereocenters. The van der Waals surface area contributed by atoms with Crippen LogP contribution in [0.15, 0.2) is 24.7 Å². The average Bonchev–Trinajstić information content (AvgIpc) is 2.84. The predicted molar refractivity (Wildman–Crippen MR) is 70.7 cm³/mol. The van der Waals surface area contributed by atoms with Gasteiger partial charge in [-0.1, -0.05) is 0 Å². The van der Waals surface area contributed by atoms with E-state index in [1.54, 1.807) is 31.7 Å². The van der Waals surface area contributed by atoms with E-state index < -0.39 is 0 Å². The number of nitrogens with one attached hydrogen (secondary N) is 2. The van der Waals surface area contributed by atoms with E-state index >= 15 is 0 Å². The molecule has 2 aromatic heterocycles. The van der Waals surface area contributed by atoms with Crippen molar-refractivity contribution in [2.75, 3.05) is 12.4 Å². The van der Waals surface area contributed by atoms with E-state index in [9.17, 15) is 4.79 Å². The third-order valence-electron chi connectivity index (χ3n) is 2.74. The molecule has 0 aliphatic rings. The fourth-order valence-electron chi connectivity index (χ4n) is 1.77. The molecule has 0 saturated heterocycles. The van der Waals surface area contributed by atoms with Gasteiger partial charge in [0.2, 0.25) is 0 Å². The number of amides is 1. The van der Waals surface area contributed by atoms with Gasteiger partial charge < -0.3 is 15.2 Å². The van der Waals surface area contributed by atoms with Crippen LogP contribution in [0.2, 0.25) is 0 Å². The van der Waals surface area contributed by atoms with Crippen molar-refractivity contribution >= 4 is 11.6 Å². The number of aryl methyl sites for hydroxylation is 1. The minimum atomic E-state index is -0.213. The molecular weight excluding hydrogens is 244 g/mol. The van der Waals surface area contributed by atoms with Crippen molar-refractivity contribution < 1.29 is 4.79 Å². The molecule has 2 N–H and O–H groups in total. The largest absolute Gasteiger partial charge is 0.375 e. The molecule has 100 valence electrons. The Kier molecular flexibility index (Phi) is 3.74. The maximum absolute atomic E-state index is 11.5. The SMILES string of the molecule is CNC(=O)c1cc(NC(C)c2nncn2C)ccn1. The van der Waals surface area contributed by atoms with E-state index in [2.05, 4.69) is 25.8 Å². The fourth-order valence-corrected chi connectivity index (χ4v) is 1.77. The molecule has 19 heavy (non-hydrogen) atoms. The molecule has 7 nitrogen and oxygen atoms in total. The van der Waals surface area contributed by atoms with Crippen molar-refractivity contribution in [3.63, 3.8) is 0 Å². The minimum Gasteiger partial charge on any atom is -0.375 e. The topological polar surface area (TPSA) is 84.7 Å². The number of anilines is 1. The number of rotatable bonds is 4. The van der Waals surface area contributed by atoms with Crippen LogP contribution in [0.1, 0.15) is 29.3 Å². The van der Waals surface area contributed by atoms with Gasteiger partial charge in [-0.2, -0.15) is 0 Å². The summed E-state index contributed by atoms with van der Waals surface area (Å²) in [6.07, 6.45) is 3.24. The lowest BCUT2D eigenvalue weighted by molar-refractivity contribution is 0.0958. The fraction of sp³-hybridized carbons (Fsp3) is 0.333. The summed E-state index contributed by atoms with van der Waals surface area (Å²) in [7, 11) is 3.46. The van der Waals surface area contributed by atoms with Gasteiger partial charge in [0.05, 0.1) is 6.04 Å². The second-order valence-corrected chi connectivity index (χ2v) is 4.17. The quantitative estimate of drug-likeness (QED) is 0.847. The van der Waals surface area contributed by atoms with Crippen molar-refractivity contribution in [1.82, 2.24) is 25.1 Å². The normalized spacial score (nSPS) is 11.9. The zero-order valence-electron chi connectivity index (χ0n) is 11.1. The molecule has 2 heterocycles. The average molecular weight is 260 g/mol. The highest BCUT2D eigenvalue weighted by atomic mass is 16.1. The summed E-state index contributed by atoms with van der Waals surface area (Å²) in [4.78, 5) is 15.5. The second-order valence-electron chi connectivity index (χ2n) is 4.17. The number of carbonyl (C=O) groups excluding carboxylic acids is 1. The van der Waals surface area contributed by atoms with Crippen molar-refractivity contribution in [1.29, 1.82) is 0 Å². The van der Waals surface area contributed by atoms with Gasteiger partial charge in [0.15, 0.2) is 5.82 Å². The Hall–Kier alpha value is -2.44. The van der Waals surface area contributed by atoms with E-state index in [-0.39, 0.29) is 11.9 Å². The van der Waals surface area contributed by atoms with E-state index in [4.69, 9.17) is 0 Å². The number of hydrogen-bond acceptors (Lipinski definition) is 5. The highest BCUT2D eigenvalue weighted by molar-refractivity contribution is 5.92. The first kappa shape index (κ1) is 13.0. The molecule has 0 spiro atoms. The van der Waals surface area contributed by atoms with Crippen molar-refractivity contribution in [3.8, 4) is 0 Å². The Morgan fingerprint density at radius 1 is 1.47 bits per heavy atom. The lowest BCUT2D eigenvalue weighted by atomic mass is 10.2. The molecule has 0 fully saturated rings. The highest BCUT2D eigenvalue weighted by Crippen LogP contribution is 2.17. The third-order valence-corrected chi connectivity index (χ3v) is 2.74. The Bertz CT molecular complexity index is 579. The standard InChI is InChI=1S/C12H16N6O/c1-8(11-17-15-7-18(11)3)16-9-4-5-14-10(6-9)12(19)13-2/h4-8H,1-3H3,(H,13,19)(H,14,16). The van der Waals surface area contributed by atoms with Crippen molar-refractivity contribution in [3.05, 3.63) is 36.2 Å². The zero-order valence-corrected chi connectivity index (χ0v) is 11.1. The number of aromatic nitrogens is 4. The van der Waals surface area contributed by atoms with E-state index in [1.165, 1.54) is 0 Å². The summed E-state index contributed by atoms with van der Waals surface area (Å²) in [5.41, 5.74) is 1.18. The third kappa shape index (κ3) is 2.87. The summed E-state index contributed by atoms with van der Waals surface area (Å²) < 4.78 is 1.85. The molecule has 0 aromatic carbocycles. The monoisotopic (exact) mass is 260 g/mol. The Labute approximate surface area is 111 Å². The summed E-state index contributed by atoms with van der Waals surface area (Å²) in [6.45, 7) is 1.98. The lowest BCUT2D eigenvalue weighted by Crippen LogP contribution is -2.19. The van der Waals surface area contributed by atoms with Crippen molar-refractivity contribution in [2.24, 2.45) is 7.05 Å². The first-order valence-electron chi connectivity index (χ1n) is 5.90. The Balaban J connectivity index is 2.15. The van der Waals surface area contributed by atoms with Crippen LogP contribution in [0.4, 0.5) is 5.69 Å². The van der Waals surface area contributed by atoms with Gasteiger partial charge in [0.1, 0.15) is 12.0 Å². The molecule has 0 saturated carbocycles. The van der Waals surface area contributed by atoms with Crippen LogP contribution >= 0.6 is 0 Å². The van der Waals surface area contributed by atoms with E-state index in [0.29, 0.717) is 5.69 Å². The predicted octanol–water partition coefficient (Wildman–Crippen LogP) is 0.743. The summed E-state index contributed by atoms with van der Waals surface area (Å²) in [5.74, 6) is 0.605. The van der Waals surface area contributed by atoms with Crippen LogP contribution in [-0.4, -0.2) is 32.7 Å². The highest BCUT2D eigenvalue weighted by Gasteiger charge is 2.12. The first-order valence-corrected chi connectivity index (χ1v) is 5.90. The number of nitrogens with zero attached hydrogens (tertiary/aromatic N) is 4. The van der Waals surface area contributed by atoms with E-state index in [1.807, 2.05) is 18.5 Å². The summed E-state index contributed by atoms with van der Waals surface area (Å²) in [5, 5.41) is 13.7. The molecule has 0 radical (unpaired) electrons. The smallest absolute Gasteiger partial charge is 0.269 e. The molecule has 0 aliphatic carbocycles. The van der Waals surface area contributed by atoms with Gasteiger partial charge in [-0.05, 0) is 19.1 Å². The zero-order chi connectivity index (χ0) is 13.8. The van der Waals surface area contributed by atoms with Gasteiger partial charge in [-0.15, -0.1) is 10.2 Å². The maximum Gasteiger partial charge on any atom is 0.269 e. The Morgan fingerprint density at radius 2 is 2.26 bits per heavy atom. The van der Waals surface area contributed by atoms with Gasteiger partial charge >= 0.3 is 0 Å². The number of carbonyl (C=O) groups is 1. The maximum atomic E-state index is 11.5. The summed E-state index contributed by atoms with van der Waals surface area (Å²) in [6, 6.07) is 3.48. The Morgan fingerprint density at radius 3 is 2.89 bits per heavy atom. The molecule has 1 amide bonds. The van der Waals surface area contributed by atoms with Crippen LogP contribution in [0.25, 0.3) is 0 Å².